The molecular formula is C42H83NO4. The van der Waals surface area contributed by atoms with E-state index in [0.29, 0.717) is 6.42 Å². The number of hydrogen-bond acceptors (Lipinski definition) is 4. The van der Waals surface area contributed by atoms with Crippen molar-refractivity contribution >= 4 is 5.91 Å². The van der Waals surface area contributed by atoms with E-state index in [0.717, 1.165) is 25.7 Å². The van der Waals surface area contributed by atoms with Gasteiger partial charge in [0, 0.05) is 0 Å². The van der Waals surface area contributed by atoms with Gasteiger partial charge in [-0.05, 0) is 19.3 Å². The van der Waals surface area contributed by atoms with E-state index in [1.54, 1.807) is 6.08 Å². The minimum Gasteiger partial charge on any atom is -0.394 e. The smallest absolute Gasteiger partial charge is 0.222 e. The topological polar surface area (TPSA) is 89.8 Å². The first-order chi connectivity index (χ1) is 23.0. The van der Waals surface area contributed by atoms with Crippen molar-refractivity contribution in [1.82, 2.24) is 5.32 Å². The Bertz CT molecular complexity index is 655. The highest BCUT2D eigenvalue weighted by atomic mass is 16.3. The lowest BCUT2D eigenvalue weighted by molar-refractivity contribution is -0.124. The molecule has 5 nitrogen and oxygen atoms in total. The maximum Gasteiger partial charge on any atom is 0.222 e. The van der Waals surface area contributed by atoms with Gasteiger partial charge in [0.15, 0.2) is 0 Å². The van der Waals surface area contributed by atoms with Crippen LogP contribution in [-0.4, -0.2) is 46.1 Å². The molecule has 0 aromatic heterocycles. The van der Waals surface area contributed by atoms with Crippen molar-refractivity contribution in [1.29, 1.82) is 0 Å². The molecule has 3 unspecified atom stereocenters. The van der Waals surface area contributed by atoms with Gasteiger partial charge in [0.25, 0.3) is 0 Å². The zero-order valence-corrected chi connectivity index (χ0v) is 31.7. The highest BCUT2D eigenvalue weighted by Gasteiger charge is 2.20. The SMILES string of the molecule is CCCCCCCCCCCCC/C=C/C(O)C(CO)NC(=O)CC(O)CCCCCCCCCCCCCCCCCCCCC. The maximum absolute atomic E-state index is 12.4. The normalized spacial score (nSPS) is 13.7. The number of aliphatic hydroxyl groups is 3. The van der Waals surface area contributed by atoms with Crippen LogP contribution in [0.15, 0.2) is 12.2 Å². The molecule has 0 aliphatic heterocycles. The minimum atomic E-state index is -0.923. The maximum atomic E-state index is 12.4. The number of aliphatic hydroxyl groups excluding tert-OH is 3. The van der Waals surface area contributed by atoms with E-state index in [4.69, 9.17) is 0 Å². The molecule has 0 spiro atoms. The number of amides is 1. The second-order valence-corrected chi connectivity index (χ2v) is 14.6. The van der Waals surface area contributed by atoms with Crippen molar-refractivity contribution in [2.75, 3.05) is 6.61 Å². The van der Waals surface area contributed by atoms with Crippen molar-refractivity contribution in [2.45, 2.75) is 244 Å². The third-order valence-electron chi connectivity index (χ3n) is 9.82. The molecule has 47 heavy (non-hydrogen) atoms. The summed E-state index contributed by atoms with van der Waals surface area (Å²) in [5.74, 6) is -0.313. The van der Waals surface area contributed by atoms with Crippen LogP contribution in [0.4, 0.5) is 0 Å². The number of nitrogens with one attached hydrogen (secondary N) is 1. The quantitative estimate of drug-likeness (QED) is 0.0390. The third-order valence-corrected chi connectivity index (χ3v) is 9.82. The van der Waals surface area contributed by atoms with Crippen LogP contribution in [0.5, 0.6) is 0 Å². The van der Waals surface area contributed by atoms with Gasteiger partial charge in [0.2, 0.25) is 5.91 Å². The first-order valence-electron chi connectivity index (χ1n) is 21.0. The van der Waals surface area contributed by atoms with Crippen molar-refractivity contribution in [2.24, 2.45) is 0 Å². The van der Waals surface area contributed by atoms with Gasteiger partial charge >= 0.3 is 0 Å². The van der Waals surface area contributed by atoms with Crippen molar-refractivity contribution in [3.8, 4) is 0 Å². The van der Waals surface area contributed by atoms with Crippen molar-refractivity contribution in [3.05, 3.63) is 12.2 Å². The Morgan fingerprint density at radius 2 is 0.872 bits per heavy atom. The Balaban J connectivity index is 3.63. The lowest BCUT2D eigenvalue weighted by Crippen LogP contribution is -2.45. The Labute approximate surface area is 293 Å². The van der Waals surface area contributed by atoms with Gasteiger partial charge in [-0.25, -0.2) is 0 Å². The standard InChI is InChI=1S/C42H83NO4/c1-3-5-7-9-11-13-15-17-18-19-20-21-22-24-25-27-29-31-33-35-39(45)37-42(47)43-40(38-44)41(46)36-34-32-30-28-26-23-16-14-12-10-8-6-4-2/h34,36,39-41,44-46H,3-33,35,37-38H2,1-2H3,(H,43,47)/b36-34+. The van der Waals surface area contributed by atoms with Gasteiger partial charge in [0.05, 0.1) is 31.3 Å². The number of rotatable bonds is 38. The van der Waals surface area contributed by atoms with Gasteiger partial charge < -0.3 is 20.6 Å². The van der Waals surface area contributed by atoms with Crippen LogP contribution < -0.4 is 5.32 Å². The summed E-state index contributed by atoms with van der Waals surface area (Å²) >= 11 is 0. The number of hydrogen-bond donors (Lipinski definition) is 4. The lowest BCUT2D eigenvalue weighted by atomic mass is 10.0. The minimum absolute atomic E-state index is 0.0186. The number of unbranched alkanes of at least 4 members (excludes halogenated alkanes) is 29. The lowest BCUT2D eigenvalue weighted by Gasteiger charge is -2.21. The van der Waals surface area contributed by atoms with E-state index in [1.807, 2.05) is 6.08 Å². The van der Waals surface area contributed by atoms with Crippen molar-refractivity contribution in [3.63, 3.8) is 0 Å². The monoisotopic (exact) mass is 666 g/mol. The summed E-state index contributed by atoms with van der Waals surface area (Å²) in [7, 11) is 0. The molecule has 280 valence electrons. The summed E-state index contributed by atoms with van der Waals surface area (Å²) in [6.07, 6.45) is 43.5. The van der Waals surface area contributed by atoms with Crippen LogP contribution in [0, 0.1) is 0 Å². The molecule has 1 amide bonds. The largest absolute Gasteiger partial charge is 0.394 e. The second kappa shape index (κ2) is 37.9. The van der Waals surface area contributed by atoms with E-state index in [1.165, 1.54) is 173 Å². The first kappa shape index (κ1) is 46.1. The molecule has 0 fully saturated rings. The fourth-order valence-corrected chi connectivity index (χ4v) is 6.58. The molecule has 0 radical (unpaired) electrons. The highest BCUT2D eigenvalue weighted by Crippen LogP contribution is 2.16. The van der Waals surface area contributed by atoms with E-state index in [2.05, 4.69) is 19.2 Å². The Hall–Kier alpha value is -0.910. The summed E-state index contributed by atoms with van der Waals surface area (Å²) in [5, 5.41) is 33.1. The third kappa shape index (κ3) is 34.7. The van der Waals surface area contributed by atoms with E-state index < -0.39 is 18.2 Å². The molecule has 0 saturated heterocycles. The molecule has 5 heteroatoms. The fourth-order valence-electron chi connectivity index (χ4n) is 6.58. The average molecular weight is 666 g/mol. The van der Waals surface area contributed by atoms with Crippen LogP contribution in [0.3, 0.4) is 0 Å². The Morgan fingerprint density at radius 1 is 0.532 bits per heavy atom. The zero-order chi connectivity index (χ0) is 34.5. The summed E-state index contributed by atoms with van der Waals surface area (Å²) in [6, 6.07) is -0.738. The van der Waals surface area contributed by atoms with Crippen LogP contribution in [0.1, 0.15) is 226 Å². The predicted octanol–water partition coefficient (Wildman–Crippen LogP) is 11.7. The number of carbonyl (C=O) groups is 1. The summed E-state index contributed by atoms with van der Waals surface area (Å²) < 4.78 is 0. The molecule has 4 N–H and O–H groups in total. The molecule has 0 rings (SSSR count). The van der Waals surface area contributed by atoms with Gasteiger partial charge in [-0.15, -0.1) is 0 Å². The molecule has 0 aliphatic carbocycles. The summed E-state index contributed by atoms with van der Waals surface area (Å²) in [5.41, 5.74) is 0. The molecule has 0 aromatic carbocycles. The van der Waals surface area contributed by atoms with Gasteiger partial charge in [-0.2, -0.15) is 0 Å². The van der Waals surface area contributed by atoms with Crippen LogP contribution in [-0.2, 0) is 4.79 Å². The van der Waals surface area contributed by atoms with E-state index in [-0.39, 0.29) is 18.9 Å². The number of carbonyl (C=O) groups excluding carboxylic acids is 1. The van der Waals surface area contributed by atoms with Gasteiger partial charge in [-0.1, -0.05) is 212 Å². The fraction of sp³-hybridized carbons (Fsp3) is 0.929. The highest BCUT2D eigenvalue weighted by molar-refractivity contribution is 5.76. The van der Waals surface area contributed by atoms with Crippen LogP contribution in [0.2, 0.25) is 0 Å². The zero-order valence-electron chi connectivity index (χ0n) is 31.7. The first-order valence-corrected chi connectivity index (χ1v) is 21.0. The van der Waals surface area contributed by atoms with E-state index >= 15 is 0 Å². The van der Waals surface area contributed by atoms with Crippen LogP contribution in [0.25, 0.3) is 0 Å². The molecule has 0 heterocycles. The number of allylic oxidation sites excluding steroid dienone is 1. The van der Waals surface area contributed by atoms with Crippen LogP contribution >= 0.6 is 0 Å². The molecule has 0 aliphatic rings. The van der Waals surface area contributed by atoms with Crippen molar-refractivity contribution < 1.29 is 20.1 Å². The molecule has 0 saturated carbocycles. The molecular weight excluding hydrogens is 582 g/mol. The molecule has 0 aromatic rings. The van der Waals surface area contributed by atoms with Gasteiger partial charge in [0.1, 0.15) is 0 Å². The predicted molar refractivity (Wildman–Crippen MR) is 204 cm³/mol. The average Bonchev–Trinajstić information content (AvgIpc) is 3.06. The van der Waals surface area contributed by atoms with E-state index in [9.17, 15) is 20.1 Å². The second-order valence-electron chi connectivity index (χ2n) is 14.6. The Kier molecular flexibility index (Phi) is 37.2. The summed E-state index contributed by atoms with van der Waals surface area (Å²) in [4.78, 5) is 12.4. The van der Waals surface area contributed by atoms with Gasteiger partial charge in [-0.3, -0.25) is 4.79 Å². The Morgan fingerprint density at radius 3 is 1.23 bits per heavy atom. The summed E-state index contributed by atoms with van der Waals surface area (Å²) in [6.45, 7) is 4.21. The molecule has 3 atom stereocenters. The molecule has 0 bridgehead atoms.